The first-order valence-corrected chi connectivity index (χ1v) is 14.0. The number of rotatable bonds is 5. The van der Waals surface area contributed by atoms with Crippen LogP contribution in [0.2, 0.25) is 0 Å². The molecule has 6 rings (SSSR count). The third kappa shape index (κ3) is 4.91. The zero-order valence-corrected chi connectivity index (χ0v) is 24.1. The van der Waals surface area contributed by atoms with Crippen molar-refractivity contribution in [3.05, 3.63) is 126 Å². The van der Waals surface area contributed by atoms with E-state index in [4.69, 9.17) is 9.40 Å². The summed E-state index contributed by atoms with van der Waals surface area (Å²) in [5.74, 6) is 0.607. The van der Waals surface area contributed by atoms with Crippen LogP contribution in [0.3, 0.4) is 0 Å². The van der Waals surface area contributed by atoms with E-state index < -0.39 is 0 Å². The quantitative estimate of drug-likeness (QED) is 0.237. The van der Waals surface area contributed by atoms with Crippen LogP contribution in [0.4, 0.5) is 0 Å². The molecule has 2 heterocycles. The van der Waals surface area contributed by atoms with E-state index in [0.29, 0.717) is 17.0 Å². The first-order valence-electron chi connectivity index (χ1n) is 14.0. The number of oxazole rings is 1. The van der Waals surface area contributed by atoms with Gasteiger partial charge in [0.2, 0.25) is 5.89 Å². The van der Waals surface area contributed by atoms with Crippen molar-refractivity contribution in [2.75, 3.05) is 0 Å². The van der Waals surface area contributed by atoms with Gasteiger partial charge in [-0.15, -0.1) is 0 Å². The van der Waals surface area contributed by atoms with Crippen LogP contribution in [-0.2, 0) is 10.8 Å². The molecule has 0 atom stereocenters. The third-order valence-corrected chi connectivity index (χ3v) is 7.92. The van der Waals surface area contributed by atoms with Crippen molar-refractivity contribution < 1.29 is 9.52 Å². The van der Waals surface area contributed by atoms with Crippen molar-refractivity contribution in [3.63, 3.8) is 0 Å². The molecule has 1 N–H and O–H groups in total. The fraction of sp³-hybridized carbons (Fsp3) is 0.189. The van der Waals surface area contributed by atoms with Crippen molar-refractivity contribution in [1.82, 2.24) is 9.97 Å². The van der Waals surface area contributed by atoms with Crippen molar-refractivity contribution in [2.24, 2.45) is 0 Å². The summed E-state index contributed by atoms with van der Waals surface area (Å²) >= 11 is 0. The summed E-state index contributed by atoms with van der Waals surface area (Å²) in [5.41, 5.74) is 8.63. The molecular formula is C37H34N2O2. The summed E-state index contributed by atoms with van der Waals surface area (Å²) in [6.45, 7) is 10.7. The molecule has 0 amide bonds. The predicted octanol–water partition coefficient (Wildman–Crippen LogP) is 9.55. The minimum atomic E-state index is -0.288. The second-order valence-electron chi connectivity index (χ2n) is 12.1. The van der Waals surface area contributed by atoms with Gasteiger partial charge < -0.3 is 9.52 Å². The lowest BCUT2D eigenvalue weighted by Gasteiger charge is -2.26. The van der Waals surface area contributed by atoms with Gasteiger partial charge in [0.15, 0.2) is 5.58 Å². The van der Waals surface area contributed by atoms with E-state index in [0.717, 1.165) is 39.0 Å². The number of aromatic nitrogens is 2. The molecule has 2 aromatic heterocycles. The van der Waals surface area contributed by atoms with Crippen LogP contribution in [0.1, 0.15) is 51.3 Å². The van der Waals surface area contributed by atoms with E-state index in [2.05, 4.69) is 100 Å². The summed E-state index contributed by atoms with van der Waals surface area (Å²) in [6, 6.07) is 34.9. The maximum absolute atomic E-state index is 11.3. The Morgan fingerprint density at radius 2 is 1.39 bits per heavy atom. The van der Waals surface area contributed by atoms with Gasteiger partial charge in [0.25, 0.3) is 0 Å². The van der Waals surface area contributed by atoms with Crippen molar-refractivity contribution in [1.29, 1.82) is 0 Å². The molecule has 41 heavy (non-hydrogen) atoms. The molecule has 0 radical (unpaired) electrons. The zero-order chi connectivity index (χ0) is 28.8. The Morgan fingerprint density at radius 1 is 0.659 bits per heavy atom. The average molecular weight is 539 g/mol. The first-order chi connectivity index (χ1) is 19.6. The maximum atomic E-state index is 11.3. The van der Waals surface area contributed by atoms with Crippen molar-refractivity contribution in [2.45, 2.75) is 45.4 Å². The van der Waals surface area contributed by atoms with Gasteiger partial charge in [0, 0.05) is 28.3 Å². The van der Waals surface area contributed by atoms with Gasteiger partial charge in [-0.05, 0) is 58.5 Å². The highest BCUT2D eigenvalue weighted by Gasteiger charge is 2.27. The zero-order valence-electron chi connectivity index (χ0n) is 24.1. The van der Waals surface area contributed by atoms with Crippen LogP contribution in [0, 0.1) is 0 Å². The molecule has 0 aliphatic rings. The van der Waals surface area contributed by atoms with Crippen LogP contribution in [-0.4, -0.2) is 15.1 Å². The van der Waals surface area contributed by atoms with Crippen molar-refractivity contribution >= 4 is 11.1 Å². The molecular weight excluding hydrogens is 504 g/mol. The number of nitrogens with zero attached hydrogens (tertiary/aromatic N) is 2. The fourth-order valence-electron chi connectivity index (χ4n) is 5.45. The second kappa shape index (κ2) is 10.0. The van der Waals surface area contributed by atoms with E-state index in [9.17, 15) is 5.11 Å². The summed E-state index contributed by atoms with van der Waals surface area (Å²) in [6.07, 6.45) is 1.81. The highest BCUT2D eigenvalue weighted by Crippen LogP contribution is 2.42. The highest BCUT2D eigenvalue weighted by atomic mass is 16.3. The van der Waals surface area contributed by atoms with Gasteiger partial charge in [0.05, 0.1) is 11.3 Å². The molecule has 0 aliphatic heterocycles. The molecule has 204 valence electrons. The maximum Gasteiger partial charge on any atom is 0.231 e. The van der Waals surface area contributed by atoms with Crippen LogP contribution >= 0.6 is 0 Å². The number of pyridine rings is 1. The molecule has 0 unspecified atom stereocenters. The number of para-hydroxylation sites is 1. The second-order valence-corrected chi connectivity index (χ2v) is 12.1. The lowest BCUT2D eigenvalue weighted by Crippen LogP contribution is -2.18. The number of phenols is 1. The Balaban J connectivity index is 1.59. The lowest BCUT2D eigenvalue weighted by atomic mass is 9.77. The van der Waals surface area contributed by atoms with Crippen molar-refractivity contribution in [3.8, 4) is 39.6 Å². The molecule has 0 bridgehead atoms. The summed E-state index contributed by atoms with van der Waals surface area (Å²) < 4.78 is 6.47. The SMILES string of the molecule is CC(C)(C)c1cccc(-c2nc3c(-c4cccc(-c5ccccn5)c4)cc(C(C)(C)c4ccccc4)cc3o2)c1O. The monoisotopic (exact) mass is 538 g/mol. The number of phenolic OH excluding ortho intramolecular Hbond substituents is 1. The number of fused-ring (bicyclic) bond motifs is 1. The van der Waals surface area contributed by atoms with Gasteiger partial charge in [-0.25, -0.2) is 4.98 Å². The van der Waals surface area contributed by atoms with Gasteiger partial charge in [-0.2, -0.15) is 0 Å². The summed E-state index contributed by atoms with van der Waals surface area (Å²) in [7, 11) is 0. The minimum absolute atomic E-state index is 0.204. The highest BCUT2D eigenvalue weighted by molar-refractivity contribution is 5.94. The molecule has 4 aromatic carbocycles. The number of aromatic hydroxyl groups is 1. The topological polar surface area (TPSA) is 59.2 Å². The average Bonchev–Trinajstić information content (AvgIpc) is 3.41. The van der Waals surface area contributed by atoms with Gasteiger partial charge >= 0.3 is 0 Å². The van der Waals surface area contributed by atoms with E-state index >= 15 is 0 Å². The third-order valence-electron chi connectivity index (χ3n) is 7.92. The Morgan fingerprint density at radius 3 is 2.12 bits per heavy atom. The van der Waals surface area contributed by atoms with E-state index in [1.54, 1.807) is 0 Å². The normalized spacial score (nSPS) is 12.1. The number of benzene rings is 4. The standard InChI is InChI=1S/C37H34N2O2/c1-36(2,3)30-18-12-17-28(34(30)40)35-39-33-29(24-13-11-14-25(21-24)31-19-9-10-20-38-31)22-27(23-32(33)41-35)37(4,5)26-15-7-6-8-16-26/h6-23,40H,1-5H3. The van der Waals surface area contributed by atoms with Gasteiger partial charge in [-0.3, -0.25) is 4.98 Å². The molecule has 0 aliphatic carbocycles. The number of hydrogen-bond acceptors (Lipinski definition) is 4. The largest absolute Gasteiger partial charge is 0.507 e. The minimum Gasteiger partial charge on any atom is -0.507 e. The fourth-order valence-corrected chi connectivity index (χ4v) is 5.45. The van der Waals surface area contributed by atoms with Crippen LogP contribution in [0.25, 0.3) is 44.9 Å². The lowest BCUT2D eigenvalue weighted by molar-refractivity contribution is 0.446. The van der Waals surface area contributed by atoms with Crippen LogP contribution < -0.4 is 0 Å². The Bertz CT molecular complexity index is 1850. The molecule has 0 spiro atoms. The van der Waals surface area contributed by atoms with Crippen LogP contribution in [0.15, 0.2) is 114 Å². The molecule has 0 saturated heterocycles. The molecule has 4 nitrogen and oxygen atoms in total. The molecule has 0 fully saturated rings. The van der Waals surface area contributed by atoms with Crippen LogP contribution in [0.5, 0.6) is 5.75 Å². The van der Waals surface area contributed by atoms with E-state index in [1.165, 1.54) is 5.56 Å². The number of hydrogen-bond donors (Lipinski definition) is 1. The summed E-state index contributed by atoms with van der Waals surface area (Å²) in [5, 5.41) is 11.3. The van der Waals surface area contributed by atoms with Gasteiger partial charge in [-0.1, -0.05) is 101 Å². The van der Waals surface area contributed by atoms with Gasteiger partial charge in [0.1, 0.15) is 11.3 Å². The molecule has 4 heteroatoms. The van der Waals surface area contributed by atoms with E-state index in [1.807, 2.05) is 48.7 Å². The predicted molar refractivity (Wildman–Crippen MR) is 167 cm³/mol. The Labute approximate surface area is 241 Å². The smallest absolute Gasteiger partial charge is 0.231 e. The molecule has 0 saturated carbocycles. The summed E-state index contributed by atoms with van der Waals surface area (Å²) in [4.78, 5) is 9.56. The Kier molecular flexibility index (Phi) is 6.50. The first kappa shape index (κ1) is 26.5. The molecule has 6 aromatic rings. The van der Waals surface area contributed by atoms with E-state index in [-0.39, 0.29) is 16.6 Å². The Hall–Kier alpha value is -4.70.